The first-order valence-corrected chi connectivity index (χ1v) is 9.25. The second-order valence-corrected chi connectivity index (χ2v) is 8.04. The zero-order valence-corrected chi connectivity index (χ0v) is 16.5. The number of likely N-dealkylation sites (N-methyl/N-ethyl adjacent to an activating group) is 1. The number of hydrogen-bond donors (Lipinski definition) is 1. The highest BCUT2D eigenvalue weighted by Gasteiger charge is 2.56. The highest BCUT2D eigenvalue weighted by molar-refractivity contribution is 9.10. The molecule has 1 aromatic heterocycles. The summed E-state index contributed by atoms with van der Waals surface area (Å²) in [4.78, 5) is 23.3. The predicted molar refractivity (Wildman–Crippen MR) is 102 cm³/mol. The molecule has 0 saturated carbocycles. The van der Waals surface area contributed by atoms with Gasteiger partial charge in [-0.05, 0) is 46.6 Å². The Kier molecular flexibility index (Phi) is 3.99. The standard InChI is InChI=1S/C19H18BrFN4O2/c1-18(8-11-3-5-12(21)6-4-11)10-19(16(26)25(2)17(22)24-19)13-7-15(20)23-9-14(13)27-18/h3-7,9H,8,10H2,1-2H3,(H2,22,24)/t18-,19?/m1/s1. The minimum absolute atomic E-state index is 0.171. The van der Waals surface area contributed by atoms with E-state index in [1.54, 1.807) is 31.4 Å². The largest absolute Gasteiger partial charge is 0.485 e. The van der Waals surface area contributed by atoms with Gasteiger partial charge >= 0.3 is 0 Å². The van der Waals surface area contributed by atoms with Gasteiger partial charge in [0.15, 0.2) is 11.5 Å². The average molecular weight is 433 g/mol. The molecule has 1 aromatic carbocycles. The lowest BCUT2D eigenvalue weighted by Crippen LogP contribution is -2.51. The van der Waals surface area contributed by atoms with Gasteiger partial charge in [-0.25, -0.2) is 14.4 Å². The van der Waals surface area contributed by atoms with Crippen LogP contribution in [0, 0.1) is 5.82 Å². The molecule has 1 spiro atoms. The molecule has 0 fully saturated rings. The summed E-state index contributed by atoms with van der Waals surface area (Å²) in [7, 11) is 1.61. The number of carbonyl (C=O) groups is 1. The predicted octanol–water partition coefficient (Wildman–Crippen LogP) is 2.75. The van der Waals surface area contributed by atoms with Crippen LogP contribution in [0.1, 0.15) is 24.5 Å². The fourth-order valence-corrected chi connectivity index (χ4v) is 4.21. The van der Waals surface area contributed by atoms with Gasteiger partial charge in [-0.1, -0.05) is 12.1 Å². The lowest BCUT2D eigenvalue weighted by molar-refractivity contribution is -0.133. The number of guanidine groups is 1. The highest BCUT2D eigenvalue weighted by Crippen LogP contribution is 2.50. The second-order valence-electron chi connectivity index (χ2n) is 7.23. The van der Waals surface area contributed by atoms with E-state index >= 15 is 0 Å². The first-order valence-electron chi connectivity index (χ1n) is 8.45. The smallest absolute Gasteiger partial charge is 0.261 e. The molecule has 1 unspecified atom stereocenters. The van der Waals surface area contributed by atoms with Crippen molar-refractivity contribution < 1.29 is 13.9 Å². The highest BCUT2D eigenvalue weighted by atomic mass is 79.9. The molecule has 140 valence electrons. The van der Waals surface area contributed by atoms with Crippen molar-refractivity contribution >= 4 is 27.8 Å². The van der Waals surface area contributed by atoms with Gasteiger partial charge in [0, 0.05) is 25.5 Å². The first kappa shape index (κ1) is 17.9. The van der Waals surface area contributed by atoms with E-state index in [1.165, 1.54) is 17.0 Å². The van der Waals surface area contributed by atoms with E-state index in [9.17, 15) is 9.18 Å². The number of aromatic nitrogens is 1. The molecule has 3 heterocycles. The second kappa shape index (κ2) is 6.02. The van der Waals surface area contributed by atoms with Crippen LogP contribution in [-0.2, 0) is 16.8 Å². The third kappa shape index (κ3) is 2.88. The molecule has 2 atom stereocenters. The van der Waals surface area contributed by atoms with Crippen molar-refractivity contribution in [3.63, 3.8) is 0 Å². The molecule has 0 saturated heterocycles. The number of halogens is 2. The Bertz CT molecular complexity index is 965. The fourth-order valence-electron chi connectivity index (χ4n) is 3.88. The van der Waals surface area contributed by atoms with Gasteiger partial charge in [-0.2, -0.15) is 0 Å². The summed E-state index contributed by atoms with van der Waals surface area (Å²) in [5.74, 6) is 0.168. The maximum absolute atomic E-state index is 13.2. The molecule has 0 radical (unpaired) electrons. The third-order valence-corrected chi connectivity index (χ3v) is 5.50. The van der Waals surface area contributed by atoms with Gasteiger partial charge in [-0.15, -0.1) is 0 Å². The number of benzene rings is 1. The number of hydrogen-bond acceptors (Lipinski definition) is 5. The average Bonchev–Trinajstić information content (AvgIpc) is 2.82. The number of nitrogens with zero attached hydrogens (tertiary/aromatic N) is 3. The topological polar surface area (TPSA) is 80.8 Å². The summed E-state index contributed by atoms with van der Waals surface area (Å²) >= 11 is 3.35. The van der Waals surface area contributed by atoms with Gasteiger partial charge < -0.3 is 10.5 Å². The summed E-state index contributed by atoms with van der Waals surface area (Å²) in [6, 6.07) is 8.00. The molecule has 2 aromatic rings. The molecule has 6 nitrogen and oxygen atoms in total. The van der Waals surface area contributed by atoms with Gasteiger partial charge in [0.2, 0.25) is 0 Å². The summed E-state index contributed by atoms with van der Waals surface area (Å²) < 4.78 is 20.1. The van der Waals surface area contributed by atoms with Crippen molar-refractivity contribution in [2.24, 2.45) is 10.7 Å². The normalized spacial score (nSPS) is 26.7. The number of aliphatic imine (C=N–C) groups is 1. The summed E-state index contributed by atoms with van der Waals surface area (Å²) in [6.07, 6.45) is 2.38. The zero-order chi connectivity index (χ0) is 19.4. The Balaban J connectivity index is 1.81. The molecular weight excluding hydrogens is 415 g/mol. The van der Waals surface area contributed by atoms with Gasteiger partial charge in [0.25, 0.3) is 5.91 Å². The fraction of sp³-hybridized carbons (Fsp3) is 0.316. The molecule has 1 amide bonds. The Morgan fingerprint density at radius 1 is 1.37 bits per heavy atom. The number of fused-ring (bicyclic) bond motifs is 2. The number of rotatable bonds is 2. The van der Waals surface area contributed by atoms with Gasteiger partial charge in [0.1, 0.15) is 21.8 Å². The lowest BCUT2D eigenvalue weighted by Gasteiger charge is -2.43. The molecule has 2 aliphatic heterocycles. The van der Waals surface area contributed by atoms with Gasteiger partial charge in [-0.3, -0.25) is 9.69 Å². The first-order chi connectivity index (χ1) is 12.7. The summed E-state index contributed by atoms with van der Waals surface area (Å²) in [6.45, 7) is 1.92. The van der Waals surface area contributed by atoms with Crippen LogP contribution in [0.5, 0.6) is 5.75 Å². The van der Waals surface area contributed by atoms with Crippen molar-refractivity contribution in [1.82, 2.24) is 9.88 Å². The van der Waals surface area contributed by atoms with Crippen LogP contribution in [0.2, 0.25) is 0 Å². The van der Waals surface area contributed by atoms with Crippen LogP contribution >= 0.6 is 15.9 Å². The van der Waals surface area contributed by atoms with Gasteiger partial charge in [0.05, 0.1) is 6.20 Å². The van der Waals surface area contributed by atoms with E-state index in [-0.39, 0.29) is 17.7 Å². The summed E-state index contributed by atoms with van der Waals surface area (Å²) in [5.41, 5.74) is 5.61. The molecule has 0 bridgehead atoms. The minimum Gasteiger partial charge on any atom is -0.485 e. The van der Waals surface area contributed by atoms with Crippen LogP contribution in [0.25, 0.3) is 0 Å². The maximum atomic E-state index is 13.2. The van der Waals surface area contributed by atoms with Crippen molar-refractivity contribution in [3.05, 3.63) is 58.1 Å². The number of ether oxygens (including phenoxy) is 1. The lowest BCUT2D eigenvalue weighted by atomic mass is 9.75. The quantitative estimate of drug-likeness (QED) is 0.739. The molecule has 2 aliphatic rings. The molecule has 0 aliphatic carbocycles. The van der Waals surface area contributed by atoms with Crippen LogP contribution < -0.4 is 10.5 Å². The van der Waals surface area contributed by atoms with Crippen LogP contribution in [0.15, 0.2) is 46.1 Å². The van der Waals surface area contributed by atoms with E-state index in [0.717, 1.165) is 5.56 Å². The van der Waals surface area contributed by atoms with E-state index in [2.05, 4.69) is 25.9 Å². The molecule has 4 rings (SSSR count). The third-order valence-electron chi connectivity index (χ3n) is 5.06. The van der Waals surface area contributed by atoms with Crippen molar-refractivity contribution in [2.75, 3.05) is 7.05 Å². The van der Waals surface area contributed by atoms with E-state index in [0.29, 0.717) is 28.8 Å². The molecular formula is C19H18BrFN4O2. The van der Waals surface area contributed by atoms with Crippen molar-refractivity contribution in [1.29, 1.82) is 0 Å². The van der Waals surface area contributed by atoms with Crippen LogP contribution in [0.4, 0.5) is 4.39 Å². The van der Waals surface area contributed by atoms with Crippen LogP contribution in [-0.4, -0.2) is 34.4 Å². The number of pyridine rings is 1. The maximum Gasteiger partial charge on any atom is 0.261 e. The van der Waals surface area contributed by atoms with E-state index in [1.807, 2.05) is 6.92 Å². The molecule has 8 heteroatoms. The number of nitrogens with two attached hydrogens (primary N) is 1. The minimum atomic E-state index is -1.16. The zero-order valence-electron chi connectivity index (χ0n) is 14.9. The Morgan fingerprint density at radius 3 is 2.70 bits per heavy atom. The van der Waals surface area contributed by atoms with Crippen molar-refractivity contribution in [2.45, 2.75) is 30.9 Å². The van der Waals surface area contributed by atoms with Crippen molar-refractivity contribution in [3.8, 4) is 5.75 Å². The Labute approximate surface area is 164 Å². The number of carbonyl (C=O) groups excluding carboxylic acids is 1. The Hall–Kier alpha value is -2.48. The molecule has 2 N–H and O–H groups in total. The van der Waals surface area contributed by atoms with Crippen LogP contribution in [0.3, 0.4) is 0 Å². The molecule has 27 heavy (non-hydrogen) atoms. The monoisotopic (exact) mass is 432 g/mol. The Morgan fingerprint density at radius 2 is 2.07 bits per heavy atom. The van der Waals surface area contributed by atoms with E-state index < -0.39 is 11.1 Å². The number of amides is 1. The summed E-state index contributed by atoms with van der Waals surface area (Å²) in [5, 5.41) is 0. The SMILES string of the molecule is CN1C(=O)C2(C[C@@](C)(Cc3ccc(F)cc3)Oc3cnc(Br)cc32)N=C1N. The van der Waals surface area contributed by atoms with E-state index in [4.69, 9.17) is 10.5 Å².